The van der Waals surface area contributed by atoms with E-state index >= 15 is 0 Å². The highest BCUT2D eigenvalue weighted by molar-refractivity contribution is 5.37. The maximum atomic E-state index is 5.85. The molecule has 0 aliphatic rings. The van der Waals surface area contributed by atoms with Gasteiger partial charge in [-0.25, -0.2) is 0 Å². The minimum Gasteiger partial charge on any atom is -0.493 e. The molecule has 2 aromatic rings. The highest BCUT2D eigenvalue weighted by atomic mass is 16.5. The van der Waals surface area contributed by atoms with Gasteiger partial charge in [-0.05, 0) is 30.7 Å². The maximum absolute atomic E-state index is 5.85. The van der Waals surface area contributed by atoms with E-state index in [9.17, 15) is 0 Å². The molecule has 0 aliphatic heterocycles. The normalized spacial score (nSPS) is 9.55. The number of hydrogen-bond acceptors (Lipinski definition) is 2. The molecule has 0 aromatic heterocycles. The molecular weight excluding hydrogens is 246 g/mol. The second kappa shape index (κ2) is 10.0. The summed E-state index contributed by atoms with van der Waals surface area (Å²) < 4.78 is 5.85. The summed E-state index contributed by atoms with van der Waals surface area (Å²) in [6.07, 6.45) is 3.21. The minimum absolute atomic E-state index is 0.808. The smallest absolute Gasteiger partial charge is 0.122 e. The van der Waals surface area contributed by atoms with Crippen molar-refractivity contribution >= 4 is 0 Å². The van der Waals surface area contributed by atoms with Crippen LogP contribution in [-0.2, 0) is 6.42 Å². The van der Waals surface area contributed by atoms with Gasteiger partial charge in [0.2, 0.25) is 0 Å². The lowest BCUT2D eigenvalue weighted by Gasteiger charge is -2.11. The Morgan fingerprint density at radius 3 is 2.25 bits per heavy atom. The first-order valence-electron chi connectivity index (χ1n) is 7.22. The van der Waals surface area contributed by atoms with Crippen molar-refractivity contribution in [3.8, 4) is 5.75 Å². The van der Waals surface area contributed by atoms with Crippen LogP contribution in [0.5, 0.6) is 5.75 Å². The van der Waals surface area contributed by atoms with Gasteiger partial charge < -0.3 is 10.5 Å². The Morgan fingerprint density at radius 1 is 0.900 bits per heavy atom. The van der Waals surface area contributed by atoms with Crippen LogP contribution in [-0.4, -0.2) is 13.7 Å². The molecule has 0 heterocycles. The van der Waals surface area contributed by atoms with Gasteiger partial charge in [-0.15, -0.1) is 0 Å². The van der Waals surface area contributed by atoms with Crippen molar-refractivity contribution in [3.63, 3.8) is 0 Å². The maximum Gasteiger partial charge on any atom is 0.122 e. The zero-order valence-corrected chi connectivity index (χ0v) is 12.5. The average molecular weight is 271 g/mol. The Labute approximate surface area is 122 Å². The van der Waals surface area contributed by atoms with Crippen LogP contribution < -0.4 is 10.5 Å². The molecule has 0 radical (unpaired) electrons. The first-order chi connectivity index (χ1) is 9.90. The van der Waals surface area contributed by atoms with Crippen LogP contribution in [0.2, 0.25) is 0 Å². The van der Waals surface area contributed by atoms with Crippen LogP contribution in [0.15, 0.2) is 54.6 Å². The fraction of sp³-hybridized carbons (Fsp3) is 0.333. The third kappa shape index (κ3) is 5.45. The van der Waals surface area contributed by atoms with Crippen LogP contribution in [0.3, 0.4) is 0 Å². The summed E-state index contributed by atoms with van der Waals surface area (Å²) in [5.41, 5.74) is 7.09. The monoisotopic (exact) mass is 271 g/mol. The Bertz CT molecular complexity index is 468. The fourth-order valence-corrected chi connectivity index (χ4v) is 1.93. The number of rotatable bonds is 6. The third-order valence-electron chi connectivity index (χ3n) is 2.97. The molecule has 0 amide bonds. The van der Waals surface area contributed by atoms with Gasteiger partial charge in [0.05, 0.1) is 6.61 Å². The zero-order valence-electron chi connectivity index (χ0n) is 12.5. The topological polar surface area (TPSA) is 35.2 Å². The number of para-hydroxylation sites is 1. The molecule has 2 aromatic carbocycles. The first-order valence-corrected chi connectivity index (χ1v) is 7.22. The highest BCUT2D eigenvalue weighted by Gasteiger charge is 2.03. The van der Waals surface area contributed by atoms with Crippen molar-refractivity contribution in [3.05, 3.63) is 65.7 Å². The molecule has 108 valence electrons. The van der Waals surface area contributed by atoms with Crippen molar-refractivity contribution in [1.82, 2.24) is 0 Å². The SMILES string of the molecule is CCCCOc1ccccc1Cc1ccccc1.CN. The quantitative estimate of drug-likeness (QED) is 0.805. The van der Waals surface area contributed by atoms with Crippen molar-refractivity contribution in [2.45, 2.75) is 26.2 Å². The van der Waals surface area contributed by atoms with Crippen LogP contribution in [0.1, 0.15) is 30.9 Å². The van der Waals surface area contributed by atoms with Crippen molar-refractivity contribution in [2.75, 3.05) is 13.7 Å². The molecule has 0 saturated carbocycles. The van der Waals surface area contributed by atoms with Gasteiger partial charge in [0.25, 0.3) is 0 Å². The van der Waals surface area contributed by atoms with Crippen molar-refractivity contribution in [1.29, 1.82) is 0 Å². The predicted molar refractivity (Wildman–Crippen MR) is 86.2 cm³/mol. The van der Waals surface area contributed by atoms with E-state index < -0.39 is 0 Å². The van der Waals surface area contributed by atoms with Gasteiger partial charge in [-0.1, -0.05) is 61.9 Å². The summed E-state index contributed by atoms with van der Waals surface area (Å²) in [5.74, 6) is 1.02. The molecule has 2 N–H and O–H groups in total. The second-order valence-electron chi connectivity index (χ2n) is 4.47. The number of unbranched alkanes of at least 4 members (excludes halogenated alkanes) is 1. The standard InChI is InChI=1S/C17H20O.CH5N/c1-2-3-13-18-17-12-8-7-11-16(17)14-15-9-5-4-6-10-15;1-2/h4-12H,2-3,13-14H2,1H3;2H2,1H3. The molecule has 0 spiro atoms. The number of ether oxygens (including phenoxy) is 1. The van der Waals surface area contributed by atoms with Crippen molar-refractivity contribution in [2.24, 2.45) is 5.73 Å². The van der Waals surface area contributed by atoms with E-state index in [-0.39, 0.29) is 0 Å². The third-order valence-corrected chi connectivity index (χ3v) is 2.97. The lowest BCUT2D eigenvalue weighted by molar-refractivity contribution is 0.307. The summed E-state index contributed by atoms with van der Waals surface area (Å²) in [6.45, 7) is 2.99. The van der Waals surface area contributed by atoms with E-state index in [2.05, 4.69) is 55.1 Å². The fourth-order valence-electron chi connectivity index (χ4n) is 1.93. The molecule has 2 heteroatoms. The Hall–Kier alpha value is -1.80. The van der Waals surface area contributed by atoms with E-state index in [4.69, 9.17) is 4.74 Å². The van der Waals surface area contributed by atoms with Crippen molar-refractivity contribution < 1.29 is 4.74 Å². The molecule has 20 heavy (non-hydrogen) atoms. The van der Waals surface area contributed by atoms with E-state index in [0.717, 1.165) is 25.2 Å². The summed E-state index contributed by atoms with van der Waals surface area (Å²) in [4.78, 5) is 0. The van der Waals surface area contributed by atoms with Crippen LogP contribution >= 0.6 is 0 Å². The predicted octanol–water partition coefficient (Wildman–Crippen LogP) is 4.03. The number of hydrogen-bond donors (Lipinski definition) is 1. The second-order valence-corrected chi connectivity index (χ2v) is 4.47. The molecule has 0 aliphatic carbocycles. The molecule has 0 bridgehead atoms. The van der Waals surface area contributed by atoms with Gasteiger partial charge >= 0.3 is 0 Å². The molecular formula is C18H25NO. The van der Waals surface area contributed by atoms with Gasteiger partial charge in [0, 0.05) is 6.42 Å². The molecule has 0 fully saturated rings. The molecule has 0 unspecified atom stereocenters. The number of benzene rings is 2. The number of nitrogens with two attached hydrogens (primary N) is 1. The average Bonchev–Trinajstić information content (AvgIpc) is 2.52. The highest BCUT2D eigenvalue weighted by Crippen LogP contribution is 2.21. The van der Waals surface area contributed by atoms with Crippen LogP contribution in [0.25, 0.3) is 0 Å². The van der Waals surface area contributed by atoms with Gasteiger partial charge in [0.15, 0.2) is 0 Å². The Kier molecular flexibility index (Phi) is 8.16. The molecule has 2 nitrogen and oxygen atoms in total. The molecule has 0 saturated heterocycles. The lowest BCUT2D eigenvalue weighted by Crippen LogP contribution is -2.00. The molecule has 0 atom stereocenters. The lowest BCUT2D eigenvalue weighted by atomic mass is 10.0. The van der Waals surface area contributed by atoms with E-state index in [1.54, 1.807) is 0 Å². The van der Waals surface area contributed by atoms with E-state index in [1.807, 2.05) is 12.1 Å². The van der Waals surface area contributed by atoms with Crippen LogP contribution in [0.4, 0.5) is 0 Å². The summed E-state index contributed by atoms with van der Waals surface area (Å²) in [5, 5.41) is 0. The van der Waals surface area contributed by atoms with Gasteiger partial charge in [-0.3, -0.25) is 0 Å². The van der Waals surface area contributed by atoms with E-state index in [1.165, 1.54) is 24.6 Å². The Balaban J connectivity index is 0.000000956. The van der Waals surface area contributed by atoms with E-state index in [0.29, 0.717) is 0 Å². The van der Waals surface area contributed by atoms with Gasteiger partial charge in [0.1, 0.15) is 5.75 Å². The summed E-state index contributed by atoms with van der Waals surface area (Å²) >= 11 is 0. The minimum atomic E-state index is 0.808. The largest absolute Gasteiger partial charge is 0.493 e. The zero-order chi connectivity index (χ0) is 14.6. The van der Waals surface area contributed by atoms with Crippen LogP contribution in [0, 0.1) is 0 Å². The summed E-state index contributed by atoms with van der Waals surface area (Å²) in [6, 6.07) is 18.8. The summed E-state index contributed by atoms with van der Waals surface area (Å²) in [7, 11) is 1.50. The van der Waals surface area contributed by atoms with Gasteiger partial charge in [-0.2, -0.15) is 0 Å². The first kappa shape index (κ1) is 16.3. The molecule has 2 rings (SSSR count). The Morgan fingerprint density at radius 2 is 1.55 bits per heavy atom.